The molecule has 21 heavy (non-hydrogen) atoms. The van der Waals surface area contributed by atoms with Gasteiger partial charge in [-0.2, -0.15) is 0 Å². The van der Waals surface area contributed by atoms with Gasteiger partial charge in [0.2, 0.25) is 0 Å². The van der Waals surface area contributed by atoms with Crippen molar-refractivity contribution in [1.82, 2.24) is 24.8 Å². The van der Waals surface area contributed by atoms with E-state index in [9.17, 15) is 4.79 Å². The molecular weight excluding hydrogens is 266 g/mol. The van der Waals surface area contributed by atoms with E-state index in [1.54, 1.807) is 30.4 Å². The average molecular weight is 285 g/mol. The highest BCUT2D eigenvalue weighted by Crippen LogP contribution is 2.23. The summed E-state index contributed by atoms with van der Waals surface area (Å²) in [5.41, 5.74) is 2.54. The van der Waals surface area contributed by atoms with E-state index in [1.165, 1.54) is 6.33 Å². The van der Waals surface area contributed by atoms with E-state index in [0.717, 1.165) is 5.69 Å². The van der Waals surface area contributed by atoms with E-state index < -0.39 is 0 Å². The van der Waals surface area contributed by atoms with Crippen molar-refractivity contribution in [1.29, 1.82) is 0 Å². The maximum Gasteiger partial charge on any atom is 0.272 e. The van der Waals surface area contributed by atoms with E-state index in [0.29, 0.717) is 23.6 Å². The van der Waals surface area contributed by atoms with Gasteiger partial charge in [-0.3, -0.25) is 14.8 Å². The normalized spacial score (nSPS) is 10.7. The molecule has 0 saturated carbocycles. The lowest BCUT2D eigenvalue weighted by Crippen LogP contribution is -2.27. The summed E-state index contributed by atoms with van der Waals surface area (Å²) >= 11 is 0. The Kier molecular flexibility index (Phi) is 4.57. The molecular formula is C15H19N5O. The first-order valence-electron chi connectivity index (χ1n) is 6.93. The average Bonchev–Trinajstić information content (AvgIpc) is 2.53. The van der Waals surface area contributed by atoms with Crippen molar-refractivity contribution >= 4 is 5.91 Å². The fourth-order valence-electron chi connectivity index (χ4n) is 1.91. The molecule has 0 radical (unpaired) electrons. The second-order valence-corrected chi connectivity index (χ2v) is 5.05. The number of amides is 1. The summed E-state index contributed by atoms with van der Waals surface area (Å²) in [5, 5.41) is 0. The molecule has 0 aliphatic carbocycles. The molecule has 110 valence electrons. The van der Waals surface area contributed by atoms with E-state index in [4.69, 9.17) is 0 Å². The third-order valence-corrected chi connectivity index (χ3v) is 3.22. The van der Waals surface area contributed by atoms with Crippen LogP contribution in [0.25, 0.3) is 11.4 Å². The fraction of sp³-hybridized carbons (Fsp3) is 0.400. The van der Waals surface area contributed by atoms with Crippen LogP contribution in [0.1, 0.15) is 42.9 Å². The van der Waals surface area contributed by atoms with Crippen molar-refractivity contribution in [3.8, 4) is 11.4 Å². The van der Waals surface area contributed by atoms with Gasteiger partial charge in [-0.25, -0.2) is 9.97 Å². The van der Waals surface area contributed by atoms with Crippen molar-refractivity contribution in [3.05, 3.63) is 36.2 Å². The molecule has 0 aromatic carbocycles. The topological polar surface area (TPSA) is 71.9 Å². The Hall–Kier alpha value is -2.37. The van der Waals surface area contributed by atoms with Gasteiger partial charge in [-0.15, -0.1) is 0 Å². The SMILES string of the molecule is CCN(C)C(=O)c1cc(-c2nccnc2C(C)C)ncn1. The highest BCUT2D eigenvalue weighted by atomic mass is 16.2. The fourth-order valence-corrected chi connectivity index (χ4v) is 1.91. The van der Waals surface area contributed by atoms with E-state index >= 15 is 0 Å². The van der Waals surface area contributed by atoms with Crippen molar-refractivity contribution < 1.29 is 4.79 Å². The van der Waals surface area contributed by atoms with Crippen molar-refractivity contribution in [3.63, 3.8) is 0 Å². The summed E-state index contributed by atoms with van der Waals surface area (Å²) in [5.74, 6) is 0.0947. The van der Waals surface area contributed by atoms with Crippen LogP contribution in [0.5, 0.6) is 0 Å². The van der Waals surface area contributed by atoms with Crippen LogP contribution < -0.4 is 0 Å². The zero-order chi connectivity index (χ0) is 15.4. The van der Waals surface area contributed by atoms with Crippen LogP contribution in [0.3, 0.4) is 0 Å². The summed E-state index contributed by atoms with van der Waals surface area (Å²) in [6, 6.07) is 1.67. The van der Waals surface area contributed by atoms with Gasteiger partial charge in [0.15, 0.2) is 0 Å². The first kappa shape index (κ1) is 15.0. The number of hydrogen-bond acceptors (Lipinski definition) is 5. The first-order valence-corrected chi connectivity index (χ1v) is 6.93. The van der Waals surface area contributed by atoms with Crippen LogP contribution in [-0.4, -0.2) is 44.3 Å². The zero-order valence-corrected chi connectivity index (χ0v) is 12.7. The molecule has 0 spiro atoms. The van der Waals surface area contributed by atoms with E-state index in [-0.39, 0.29) is 11.8 Å². The standard InChI is InChI=1S/C15H19N5O/c1-5-20(4)15(21)12-8-11(18-9-19-12)14-13(10(2)3)16-6-7-17-14/h6-10H,5H2,1-4H3. The van der Waals surface area contributed by atoms with Crippen molar-refractivity contribution in [2.75, 3.05) is 13.6 Å². The van der Waals surface area contributed by atoms with Crippen LogP contribution in [0, 0.1) is 0 Å². The molecule has 2 aromatic rings. The highest BCUT2D eigenvalue weighted by Gasteiger charge is 2.16. The molecule has 6 heteroatoms. The molecule has 0 atom stereocenters. The third-order valence-electron chi connectivity index (χ3n) is 3.22. The number of carbonyl (C=O) groups excluding carboxylic acids is 1. The lowest BCUT2D eigenvalue weighted by molar-refractivity contribution is 0.0796. The largest absolute Gasteiger partial charge is 0.341 e. The minimum absolute atomic E-state index is 0.129. The molecule has 0 bridgehead atoms. The molecule has 2 rings (SSSR count). The maximum atomic E-state index is 12.2. The molecule has 0 aliphatic rings. The second-order valence-electron chi connectivity index (χ2n) is 5.05. The van der Waals surface area contributed by atoms with Crippen LogP contribution in [0.15, 0.2) is 24.8 Å². The maximum absolute atomic E-state index is 12.2. The highest BCUT2D eigenvalue weighted by molar-refractivity contribution is 5.92. The summed E-state index contributed by atoms with van der Waals surface area (Å²) in [4.78, 5) is 30.8. The Morgan fingerprint density at radius 1 is 1.19 bits per heavy atom. The number of hydrogen-bond donors (Lipinski definition) is 0. The van der Waals surface area contributed by atoms with Crippen LogP contribution in [-0.2, 0) is 0 Å². The lowest BCUT2D eigenvalue weighted by atomic mass is 10.1. The minimum Gasteiger partial charge on any atom is -0.341 e. The predicted octanol–water partition coefficient (Wildman–Crippen LogP) is 2.15. The number of carbonyl (C=O) groups is 1. The van der Waals surface area contributed by atoms with Gasteiger partial charge in [0.25, 0.3) is 5.91 Å². The van der Waals surface area contributed by atoms with Gasteiger partial charge in [0.05, 0.1) is 11.4 Å². The van der Waals surface area contributed by atoms with Crippen molar-refractivity contribution in [2.45, 2.75) is 26.7 Å². The number of nitrogens with zero attached hydrogens (tertiary/aromatic N) is 5. The van der Waals surface area contributed by atoms with Crippen LogP contribution >= 0.6 is 0 Å². The van der Waals surface area contributed by atoms with Crippen LogP contribution in [0.4, 0.5) is 0 Å². The van der Waals surface area contributed by atoms with Gasteiger partial charge in [0.1, 0.15) is 17.7 Å². The number of aromatic nitrogens is 4. The molecule has 1 amide bonds. The first-order chi connectivity index (χ1) is 10.0. The van der Waals surface area contributed by atoms with Gasteiger partial charge >= 0.3 is 0 Å². The van der Waals surface area contributed by atoms with E-state index in [1.807, 2.05) is 20.8 Å². The van der Waals surface area contributed by atoms with Crippen molar-refractivity contribution in [2.24, 2.45) is 0 Å². The Labute approximate surface area is 124 Å². The Morgan fingerprint density at radius 2 is 1.90 bits per heavy atom. The van der Waals surface area contributed by atoms with E-state index in [2.05, 4.69) is 19.9 Å². The molecule has 2 aromatic heterocycles. The molecule has 0 saturated heterocycles. The summed E-state index contributed by atoms with van der Waals surface area (Å²) in [7, 11) is 1.74. The predicted molar refractivity (Wildman–Crippen MR) is 79.8 cm³/mol. The molecule has 0 fully saturated rings. The number of rotatable bonds is 4. The molecule has 0 N–H and O–H groups in total. The zero-order valence-electron chi connectivity index (χ0n) is 12.7. The van der Waals surface area contributed by atoms with Gasteiger partial charge in [-0.05, 0) is 18.9 Å². The Balaban J connectivity index is 2.45. The van der Waals surface area contributed by atoms with Gasteiger partial charge in [0, 0.05) is 26.0 Å². The Morgan fingerprint density at radius 3 is 2.57 bits per heavy atom. The Bertz CT molecular complexity index is 641. The van der Waals surface area contributed by atoms with Crippen LogP contribution in [0.2, 0.25) is 0 Å². The lowest BCUT2D eigenvalue weighted by Gasteiger charge is -2.14. The van der Waals surface area contributed by atoms with Gasteiger partial charge < -0.3 is 4.90 Å². The minimum atomic E-state index is -0.129. The quantitative estimate of drug-likeness (QED) is 0.860. The second kappa shape index (κ2) is 6.39. The van der Waals surface area contributed by atoms with Gasteiger partial charge in [-0.1, -0.05) is 13.8 Å². The molecule has 2 heterocycles. The molecule has 6 nitrogen and oxygen atoms in total. The molecule has 0 aliphatic heterocycles. The molecule has 0 unspecified atom stereocenters. The smallest absolute Gasteiger partial charge is 0.272 e. The monoisotopic (exact) mass is 285 g/mol. The summed E-state index contributed by atoms with van der Waals surface area (Å²) in [6.07, 6.45) is 4.69. The summed E-state index contributed by atoms with van der Waals surface area (Å²) < 4.78 is 0. The third kappa shape index (κ3) is 3.21. The summed E-state index contributed by atoms with van der Waals surface area (Å²) in [6.45, 7) is 6.64.